The number of rotatable bonds is 6. The van der Waals surface area contributed by atoms with E-state index in [1.165, 1.54) is 0 Å². The Morgan fingerprint density at radius 2 is 2.00 bits per heavy atom. The minimum Gasteiger partial charge on any atom is -0.316 e. The number of ketones is 1. The summed E-state index contributed by atoms with van der Waals surface area (Å²) in [4.78, 5) is 12.0. The van der Waals surface area contributed by atoms with Crippen molar-refractivity contribution in [3.63, 3.8) is 0 Å². The lowest BCUT2D eigenvalue weighted by atomic mass is 10.0. The summed E-state index contributed by atoms with van der Waals surface area (Å²) in [5, 5.41) is 3.30. The molecule has 17 heavy (non-hydrogen) atoms. The summed E-state index contributed by atoms with van der Waals surface area (Å²) in [6.07, 6.45) is 0.580. The lowest BCUT2D eigenvalue weighted by Gasteiger charge is -2.08. The van der Waals surface area contributed by atoms with Crippen LogP contribution in [0, 0.1) is 19.8 Å². The van der Waals surface area contributed by atoms with Gasteiger partial charge in [-0.05, 0) is 37.9 Å². The van der Waals surface area contributed by atoms with Gasteiger partial charge < -0.3 is 5.32 Å². The second kappa shape index (κ2) is 6.55. The Balaban J connectivity index is 2.49. The monoisotopic (exact) mass is 233 g/mol. The first-order valence-corrected chi connectivity index (χ1v) is 6.32. The molecule has 0 aliphatic rings. The number of hydrogen-bond acceptors (Lipinski definition) is 2. The van der Waals surface area contributed by atoms with E-state index in [1.807, 2.05) is 32.0 Å². The molecule has 0 spiro atoms. The van der Waals surface area contributed by atoms with Crippen LogP contribution in [-0.4, -0.2) is 18.9 Å². The molecule has 0 saturated heterocycles. The van der Waals surface area contributed by atoms with Crippen molar-refractivity contribution in [3.05, 3.63) is 34.9 Å². The Bertz CT molecular complexity index is 383. The molecule has 0 radical (unpaired) electrons. The fourth-order valence-corrected chi connectivity index (χ4v) is 1.76. The Labute approximate surface area is 104 Å². The summed E-state index contributed by atoms with van der Waals surface area (Å²) in [6.45, 7) is 10.1. The highest BCUT2D eigenvalue weighted by molar-refractivity contribution is 5.97. The van der Waals surface area contributed by atoms with E-state index in [-0.39, 0.29) is 5.78 Å². The van der Waals surface area contributed by atoms with Gasteiger partial charge in [-0.1, -0.05) is 31.5 Å². The van der Waals surface area contributed by atoms with Gasteiger partial charge in [0, 0.05) is 18.5 Å². The Morgan fingerprint density at radius 3 is 2.65 bits per heavy atom. The van der Waals surface area contributed by atoms with Crippen LogP contribution in [0.5, 0.6) is 0 Å². The van der Waals surface area contributed by atoms with Crippen molar-refractivity contribution in [2.24, 2.45) is 5.92 Å². The maximum absolute atomic E-state index is 12.0. The number of nitrogens with one attached hydrogen (secondary N) is 1. The molecule has 94 valence electrons. The third-order valence-electron chi connectivity index (χ3n) is 2.77. The molecule has 0 saturated carbocycles. The lowest BCUT2D eigenvalue weighted by molar-refractivity contribution is 0.0981. The highest BCUT2D eigenvalue weighted by Gasteiger charge is 2.08. The van der Waals surface area contributed by atoms with Crippen LogP contribution in [0.2, 0.25) is 0 Å². The van der Waals surface area contributed by atoms with Gasteiger partial charge in [0.15, 0.2) is 5.78 Å². The largest absolute Gasteiger partial charge is 0.316 e. The molecule has 0 atom stereocenters. The highest BCUT2D eigenvalue weighted by atomic mass is 16.1. The molecule has 0 unspecified atom stereocenters. The first-order valence-electron chi connectivity index (χ1n) is 6.32. The van der Waals surface area contributed by atoms with Gasteiger partial charge in [-0.2, -0.15) is 0 Å². The number of carbonyl (C=O) groups is 1. The van der Waals surface area contributed by atoms with Gasteiger partial charge in [-0.15, -0.1) is 0 Å². The number of aryl methyl sites for hydroxylation is 2. The highest BCUT2D eigenvalue weighted by Crippen LogP contribution is 2.12. The van der Waals surface area contributed by atoms with Gasteiger partial charge in [0.1, 0.15) is 0 Å². The van der Waals surface area contributed by atoms with Crippen LogP contribution < -0.4 is 5.32 Å². The molecular weight excluding hydrogens is 210 g/mol. The normalized spacial score (nSPS) is 10.9. The van der Waals surface area contributed by atoms with Crippen LogP contribution in [0.25, 0.3) is 0 Å². The van der Waals surface area contributed by atoms with E-state index < -0.39 is 0 Å². The smallest absolute Gasteiger partial charge is 0.164 e. The van der Waals surface area contributed by atoms with Gasteiger partial charge in [-0.25, -0.2) is 0 Å². The van der Waals surface area contributed by atoms with Crippen LogP contribution in [0.3, 0.4) is 0 Å². The predicted molar refractivity (Wildman–Crippen MR) is 72.6 cm³/mol. The predicted octanol–water partition coefficient (Wildman–Crippen LogP) is 3.12. The zero-order chi connectivity index (χ0) is 12.8. The third kappa shape index (κ3) is 4.70. The molecule has 0 aliphatic carbocycles. The SMILES string of the molecule is Cc1ccc(C)c(C(=O)CCNCC(C)C)c1. The van der Waals surface area contributed by atoms with Crippen LogP contribution in [0.1, 0.15) is 41.8 Å². The zero-order valence-corrected chi connectivity index (χ0v) is 11.3. The molecule has 1 aromatic carbocycles. The van der Waals surface area contributed by atoms with Crippen molar-refractivity contribution in [2.75, 3.05) is 13.1 Å². The molecule has 1 rings (SSSR count). The van der Waals surface area contributed by atoms with Crippen LogP contribution in [0.15, 0.2) is 18.2 Å². The van der Waals surface area contributed by atoms with Crippen molar-refractivity contribution in [2.45, 2.75) is 34.1 Å². The standard InChI is InChI=1S/C15H23NO/c1-11(2)10-16-8-7-15(17)14-9-12(3)5-6-13(14)4/h5-6,9,11,16H,7-8,10H2,1-4H3. The topological polar surface area (TPSA) is 29.1 Å². The number of hydrogen-bond donors (Lipinski definition) is 1. The van der Waals surface area contributed by atoms with Crippen LogP contribution in [0.4, 0.5) is 0 Å². The maximum Gasteiger partial charge on any atom is 0.164 e. The van der Waals surface area contributed by atoms with Crippen molar-refractivity contribution < 1.29 is 4.79 Å². The third-order valence-corrected chi connectivity index (χ3v) is 2.77. The van der Waals surface area contributed by atoms with E-state index in [1.54, 1.807) is 0 Å². The molecule has 0 aliphatic heterocycles. The molecular formula is C15H23NO. The van der Waals surface area contributed by atoms with Crippen molar-refractivity contribution in [1.29, 1.82) is 0 Å². The fraction of sp³-hybridized carbons (Fsp3) is 0.533. The number of Topliss-reactive ketones (excluding diaryl/α,β-unsaturated/α-hetero) is 1. The van der Waals surface area contributed by atoms with Crippen molar-refractivity contribution in [1.82, 2.24) is 5.32 Å². The molecule has 1 aromatic rings. The van der Waals surface area contributed by atoms with Gasteiger partial charge in [-0.3, -0.25) is 4.79 Å². The molecule has 0 fully saturated rings. The molecule has 0 aromatic heterocycles. The van der Waals surface area contributed by atoms with Gasteiger partial charge >= 0.3 is 0 Å². The van der Waals surface area contributed by atoms with Gasteiger partial charge in [0.2, 0.25) is 0 Å². The Hall–Kier alpha value is -1.15. The van der Waals surface area contributed by atoms with Gasteiger partial charge in [0.05, 0.1) is 0 Å². The first kappa shape index (κ1) is 13.9. The average Bonchev–Trinajstić information content (AvgIpc) is 2.27. The Kier molecular flexibility index (Phi) is 5.36. The van der Waals surface area contributed by atoms with E-state index in [9.17, 15) is 4.79 Å². The number of benzene rings is 1. The fourth-order valence-electron chi connectivity index (χ4n) is 1.76. The van der Waals surface area contributed by atoms with Crippen molar-refractivity contribution in [3.8, 4) is 0 Å². The minimum atomic E-state index is 0.238. The first-order chi connectivity index (χ1) is 8.00. The minimum absolute atomic E-state index is 0.238. The summed E-state index contributed by atoms with van der Waals surface area (Å²) in [6, 6.07) is 6.05. The summed E-state index contributed by atoms with van der Waals surface area (Å²) in [7, 11) is 0. The summed E-state index contributed by atoms with van der Waals surface area (Å²) in [5.74, 6) is 0.869. The summed E-state index contributed by atoms with van der Waals surface area (Å²) < 4.78 is 0. The molecule has 0 amide bonds. The van der Waals surface area contributed by atoms with E-state index in [2.05, 4.69) is 19.2 Å². The lowest BCUT2D eigenvalue weighted by Crippen LogP contribution is -2.23. The van der Waals surface area contributed by atoms with Gasteiger partial charge in [0.25, 0.3) is 0 Å². The van der Waals surface area contributed by atoms with E-state index in [4.69, 9.17) is 0 Å². The van der Waals surface area contributed by atoms with E-state index >= 15 is 0 Å². The number of carbonyl (C=O) groups excluding carboxylic acids is 1. The second-order valence-corrected chi connectivity index (χ2v) is 5.09. The average molecular weight is 233 g/mol. The van der Waals surface area contributed by atoms with Crippen LogP contribution in [-0.2, 0) is 0 Å². The summed E-state index contributed by atoms with van der Waals surface area (Å²) >= 11 is 0. The molecule has 0 bridgehead atoms. The maximum atomic E-state index is 12.0. The zero-order valence-electron chi connectivity index (χ0n) is 11.3. The molecule has 1 N–H and O–H groups in total. The molecule has 2 nitrogen and oxygen atoms in total. The second-order valence-electron chi connectivity index (χ2n) is 5.09. The molecule has 0 heterocycles. The Morgan fingerprint density at radius 1 is 1.29 bits per heavy atom. The van der Waals surface area contributed by atoms with E-state index in [0.29, 0.717) is 12.3 Å². The van der Waals surface area contributed by atoms with E-state index in [0.717, 1.165) is 29.8 Å². The van der Waals surface area contributed by atoms with Crippen molar-refractivity contribution >= 4 is 5.78 Å². The molecule has 2 heteroatoms. The summed E-state index contributed by atoms with van der Waals surface area (Å²) in [5.41, 5.74) is 3.09. The quantitative estimate of drug-likeness (QED) is 0.604. The van der Waals surface area contributed by atoms with Crippen LogP contribution >= 0.6 is 0 Å².